The number of thiazole rings is 1. The van der Waals surface area contributed by atoms with Crippen LogP contribution in [0.15, 0.2) is 0 Å². The van der Waals surface area contributed by atoms with Crippen LogP contribution < -0.4 is 5.32 Å². The smallest absolute Gasteiger partial charge is 0.185 e. The lowest BCUT2D eigenvalue weighted by Gasteiger charge is -2.33. The van der Waals surface area contributed by atoms with Gasteiger partial charge in [-0.25, -0.2) is 9.67 Å². The van der Waals surface area contributed by atoms with Crippen LogP contribution in [-0.4, -0.2) is 58.1 Å². The molecule has 7 heteroatoms. The van der Waals surface area contributed by atoms with E-state index in [9.17, 15) is 0 Å². The van der Waals surface area contributed by atoms with Crippen LogP contribution in [0.4, 0.5) is 5.13 Å². The van der Waals surface area contributed by atoms with Gasteiger partial charge in [0, 0.05) is 39.3 Å². The Hall–Kier alpha value is -1.18. The Bertz CT molecular complexity index is 633. The Balaban J connectivity index is 1.32. The lowest BCUT2D eigenvalue weighted by molar-refractivity contribution is 0.0654. The number of ether oxygens (including phenoxy) is 1. The molecule has 0 unspecified atom stereocenters. The summed E-state index contributed by atoms with van der Waals surface area (Å²) in [4.78, 5) is 7.26. The van der Waals surface area contributed by atoms with Crippen LogP contribution in [0.1, 0.15) is 31.4 Å². The van der Waals surface area contributed by atoms with Gasteiger partial charge in [-0.05, 0) is 32.6 Å². The zero-order chi connectivity index (χ0) is 15.8. The Kier molecular flexibility index (Phi) is 4.26. The molecule has 0 aromatic carbocycles. The minimum atomic E-state index is 0.472. The molecule has 2 saturated heterocycles. The second-order valence-corrected chi connectivity index (χ2v) is 7.73. The van der Waals surface area contributed by atoms with Crippen molar-refractivity contribution in [2.24, 2.45) is 7.05 Å². The summed E-state index contributed by atoms with van der Waals surface area (Å²) in [6.45, 7) is 6.42. The van der Waals surface area contributed by atoms with Crippen molar-refractivity contribution in [1.82, 2.24) is 19.7 Å². The van der Waals surface area contributed by atoms with Crippen molar-refractivity contribution in [3.05, 3.63) is 5.69 Å². The van der Waals surface area contributed by atoms with Crippen molar-refractivity contribution in [1.29, 1.82) is 0 Å². The van der Waals surface area contributed by atoms with E-state index in [1.807, 2.05) is 18.7 Å². The maximum absolute atomic E-state index is 5.75. The molecule has 0 radical (unpaired) electrons. The number of nitrogens with one attached hydrogen (secondary N) is 1. The second kappa shape index (κ2) is 6.37. The molecule has 6 nitrogen and oxygen atoms in total. The van der Waals surface area contributed by atoms with Gasteiger partial charge in [-0.3, -0.25) is 0 Å². The number of hydrogen-bond acceptors (Lipinski definition) is 6. The molecular formula is C16H25N5OS. The van der Waals surface area contributed by atoms with E-state index in [1.54, 1.807) is 11.3 Å². The van der Waals surface area contributed by atoms with Gasteiger partial charge < -0.3 is 15.0 Å². The average molecular weight is 335 g/mol. The number of likely N-dealkylation sites (tertiary alicyclic amines) is 1. The standard InChI is InChI=1S/C16H25N5OS/c1-11-14-15(20(2)19-11)18-16(23-14)17-12-5-7-21(8-6-12)10-13-4-3-9-22-13/h12-13H,3-10H2,1-2H3,(H,17,18)/t13-/m1/s1. The van der Waals surface area contributed by atoms with Crippen LogP contribution >= 0.6 is 11.3 Å². The molecule has 126 valence electrons. The van der Waals surface area contributed by atoms with Crippen molar-refractivity contribution < 1.29 is 4.74 Å². The molecular weight excluding hydrogens is 310 g/mol. The zero-order valence-electron chi connectivity index (χ0n) is 13.9. The molecule has 2 aromatic rings. The summed E-state index contributed by atoms with van der Waals surface area (Å²) < 4.78 is 8.82. The monoisotopic (exact) mass is 335 g/mol. The van der Waals surface area contributed by atoms with E-state index in [-0.39, 0.29) is 0 Å². The van der Waals surface area contributed by atoms with Gasteiger partial charge in [0.2, 0.25) is 0 Å². The largest absolute Gasteiger partial charge is 0.377 e. The summed E-state index contributed by atoms with van der Waals surface area (Å²) in [5, 5.41) is 9.08. The number of nitrogens with zero attached hydrogens (tertiary/aromatic N) is 4. The minimum Gasteiger partial charge on any atom is -0.377 e. The van der Waals surface area contributed by atoms with E-state index in [1.165, 1.54) is 30.4 Å². The van der Waals surface area contributed by atoms with E-state index in [0.717, 1.165) is 42.7 Å². The quantitative estimate of drug-likeness (QED) is 0.930. The molecule has 2 fully saturated rings. The third kappa shape index (κ3) is 3.22. The fourth-order valence-corrected chi connectivity index (χ4v) is 4.67. The Morgan fingerprint density at radius 1 is 1.30 bits per heavy atom. The highest BCUT2D eigenvalue weighted by atomic mass is 32.1. The molecule has 2 aromatic heterocycles. The minimum absolute atomic E-state index is 0.472. The molecule has 4 heterocycles. The van der Waals surface area contributed by atoms with Crippen LogP contribution in [0.3, 0.4) is 0 Å². The molecule has 0 saturated carbocycles. The SMILES string of the molecule is Cc1nn(C)c2nc(NC3CCN(C[C@H]4CCCO4)CC3)sc12. The first kappa shape index (κ1) is 15.4. The first-order valence-electron chi connectivity index (χ1n) is 8.59. The van der Waals surface area contributed by atoms with E-state index in [2.05, 4.69) is 15.3 Å². The van der Waals surface area contributed by atoms with Crippen LogP contribution in [-0.2, 0) is 11.8 Å². The van der Waals surface area contributed by atoms with Crippen LogP contribution in [0, 0.1) is 6.92 Å². The van der Waals surface area contributed by atoms with Gasteiger partial charge >= 0.3 is 0 Å². The van der Waals surface area contributed by atoms with Crippen LogP contribution in [0.5, 0.6) is 0 Å². The van der Waals surface area contributed by atoms with E-state index >= 15 is 0 Å². The first-order valence-corrected chi connectivity index (χ1v) is 9.41. The van der Waals surface area contributed by atoms with Gasteiger partial charge in [0.1, 0.15) is 0 Å². The number of fused-ring (bicyclic) bond motifs is 1. The van der Waals surface area contributed by atoms with Gasteiger partial charge in [-0.15, -0.1) is 0 Å². The zero-order valence-corrected chi connectivity index (χ0v) is 14.7. The fraction of sp³-hybridized carbons (Fsp3) is 0.750. The summed E-state index contributed by atoms with van der Waals surface area (Å²) >= 11 is 1.73. The Morgan fingerprint density at radius 2 is 2.13 bits per heavy atom. The molecule has 2 aliphatic rings. The number of hydrogen-bond donors (Lipinski definition) is 1. The highest BCUT2D eigenvalue weighted by Gasteiger charge is 2.24. The van der Waals surface area contributed by atoms with Crippen molar-refractivity contribution in [3.8, 4) is 0 Å². The van der Waals surface area contributed by atoms with Crippen molar-refractivity contribution >= 4 is 26.8 Å². The van der Waals surface area contributed by atoms with Gasteiger partial charge in [0.05, 0.1) is 16.5 Å². The number of aromatic nitrogens is 3. The predicted molar refractivity (Wildman–Crippen MR) is 93.2 cm³/mol. The fourth-order valence-electron chi connectivity index (χ4n) is 3.66. The first-order chi connectivity index (χ1) is 11.2. The van der Waals surface area contributed by atoms with Gasteiger partial charge in [0.25, 0.3) is 0 Å². The summed E-state index contributed by atoms with van der Waals surface area (Å²) in [7, 11) is 1.96. The molecule has 1 N–H and O–H groups in total. The van der Waals surface area contributed by atoms with Crippen molar-refractivity contribution in [3.63, 3.8) is 0 Å². The lowest BCUT2D eigenvalue weighted by atomic mass is 10.0. The molecule has 0 amide bonds. The highest BCUT2D eigenvalue weighted by molar-refractivity contribution is 7.22. The third-order valence-corrected chi connectivity index (χ3v) is 6.03. The van der Waals surface area contributed by atoms with Crippen LogP contribution in [0.2, 0.25) is 0 Å². The summed E-state index contributed by atoms with van der Waals surface area (Å²) in [5.74, 6) is 0. The van der Waals surface area contributed by atoms with E-state index < -0.39 is 0 Å². The summed E-state index contributed by atoms with van der Waals surface area (Å²) in [6.07, 6.45) is 5.30. The molecule has 23 heavy (non-hydrogen) atoms. The van der Waals surface area contributed by atoms with Crippen molar-refractivity contribution in [2.45, 2.75) is 44.8 Å². The third-order valence-electron chi connectivity index (χ3n) is 4.95. The van der Waals surface area contributed by atoms with Crippen LogP contribution in [0.25, 0.3) is 10.3 Å². The Morgan fingerprint density at radius 3 is 2.83 bits per heavy atom. The number of rotatable bonds is 4. The van der Waals surface area contributed by atoms with E-state index in [0.29, 0.717) is 12.1 Å². The topological polar surface area (TPSA) is 55.2 Å². The lowest BCUT2D eigenvalue weighted by Crippen LogP contribution is -2.42. The number of anilines is 1. The maximum atomic E-state index is 5.75. The molecule has 0 aliphatic carbocycles. The van der Waals surface area contributed by atoms with Gasteiger partial charge in [0.15, 0.2) is 10.8 Å². The molecule has 4 rings (SSSR count). The highest BCUT2D eigenvalue weighted by Crippen LogP contribution is 2.29. The van der Waals surface area contributed by atoms with E-state index in [4.69, 9.17) is 9.72 Å². The average Bonchev–Trinajstić information content (AvgIpc) is 3.23. The molecule has 0 bridgehead atoms. The van der Waals surface area contributed by atoms with Crippen molar-refractivity contribution in [2.75, 3.05) is 31.6 Å². The normalized spacial score (nSPS) is 23.8. The number of piperidine rings is 1. The molecule has 0 spiro atoms. The second-order valence-electron chi connectivity index (χ2n) is 6.74. The number of aryl methyl sites for hydroxylation is 2. The molecule has 1 atom stereocenters. The maximum Gasteiger partial charge on any atom is 0.185 e. The molecule has 2 aliphatic heterocycles. The summed E-state index contributed by atoms with van der Waals surface area (Å²) in [6, 6.07) is 0.532. The van der Waals surface area contributed by atoms with Gasteiger partial charge in [-0.2, -0.15) is 5.10 Å². The van der Waals surface area contributed by atoms with Gasteiger partial charge in [-0.1, -0.05) is 11.3 Å². The summed E-state index contributed by atoms with van der Waals surface area (Å²) in [5.41, 5.74) is 2.06. The Labute approximate surface area is 140 Å². The predicted octanol–water partition coefficient (Wildman–Crippen LogP) is 2.39.